The van der Waals surface area contributed by atoms with Crippen LogP contribution in [0.2, 0.25) is 5.02 Å². The summed E-state index contributed by atoms with van der Waals surface area (Å²) in [4.78, 5) is 0.157. The molecule has 4 nitrogen and oxygen atoms in total. The molecule has 0 amide bonds. The summed E-state index contributed by atoms with van der Waals surface area (Å²) in [6, 6.07) is 12.0. The molecular formula is C17H16ClNO3S. The zero-order valence-electron chi connectivity index (χ0n) is 12.8. The SMILES string of the molecule is COc1ccccc1C#CCNS(=O)(=O)c1cc(Cl)ccc1C. The molecule has 0 aliphatic carbocycles. The smallest absolute Gasteiger partial charge is 0.241 e. The van der Waals surface area contributed by atoms with E-state index in [2.05, 4.69) is 16.6 Å². The number of hydrogen-bond acceptors (Lipinski definition) is 3. The number of benzene rings is 2. The molecule has 0 heterocycles. The third kappa shape index (κ3) is 4.49. The molecule has 6 heteroatoms. The molecule has 0 aromatic heterocycles. The Labute approximate surface area is 141 Å². The lowest BCUT2D eigenvalue weighted by atomic mass is 10.2. The van der Waals surface area contributed by atoms with Crippen LogP contribution < -0.4 is 9.46 Å². The Kier molecular flexibility index (Phi) is 5.67. The second-order valence-electron chi connectivity index (χ2n) is 4.74. The predicted molar refractivity (Wildman–Crippen MR) is 91.2 cm³/mol. The Bertz CT molecular complexity index is 867. The van der Waals surface area contributed by atoms with E-state index in [0.29, 0.717) is 21.9 Å². The number of hydrogen-bond donors (Lipinski definition) is 1. The van der Waals surface area contributed by atoms with Gasteiger partial charge >= 0.3 is 0 Å². The summed E-state index contributed by atoms with van der Waals surface area (Å²) < 4.78 is 32.2. The Balaban J connectivity index is 2.12. The first kappa shape index (κ1) is 17.4. The molecule has 2 rings (SSSR count). The first-order valence-electron chi connectivity index (χ1n) is 6.82. The number of ether oxygens (including phenoxy) is 1. The van der Waals surface area contributed by atoms with Gasteiger partial charge in [0.2, 0.25) is 10.0 Å². The summed E-state index contributed by atoms with van der Waals surface area (Å²) >= 11 is 5.86. The molecule has 2 aromatic rings. The van der Waals surface area contributed by atoms with Crippen molar-refractivity contribution in [2.45, 2.75) is 11.8 Å². The fourth-order valence-electron chi connectivity index (χ4n) is 1.96. The number of rotatable bonds is 4. The van der Waals surface area contributed by atoms with Gasteiger partial charge in [0.15, 0.2) is 0 Å². The van der Waals surface area contributed by atoms with Crippen molar-refractivity contribution in [3.05, 3.63) is 58.6 Å². The van der Waals surface area contributed by atoms with Crippen LogP contribution in [0.5, 0.6) is 5.75 Å². The highest BCUT2D eigenvalue weighted by molar-refractivity contribution is 7.89. The molecule has 0 aliphatic heterocycles. The molecule has 120 valence electrons. The normalized spacial score (nSPS) is 10.7. The Morgan fingerprint density at radius 2 is 1.96 bits per heavy atom. The molecule has 0 radical (unpaired) electrons. The maximum Gasteiger partial charge on any atom is 0.241 e. The van der Waals surface area contributed by atoms with Gasteiger partial charge in [-0.2, -0.15) is 4.72 Å². The largest absolute Gasteiger partial charge is 0.495 e. The van der Waals surface area contributed by atoms with Gasteiger partial charge in [-0.15, -0.1) is 0 Å². The Morgan fingerprint density at radius 3 is 2.70 bits per heavy atom. The monoisotopic (exact) mass is 349 g/mol. The van der Waals surface area contributed by atoms with Crippen LogP contribution in [0.4, 0.5) is 0 Å². The summed E-state index contributed by atoms with van der Waals surface area (Å²) in [5, 5.41) is 0.371. The molecule has 0 atom stereocenters. The van der Waals surface area contributed by atoms with Gasteiger partial charge < -0.3 is 4.74 Å². The number of aryl methyl sites for hydroxylation is 1. The van der Waals surface area contributed by atoms with E-state index in [-0.39, 0.29) is 11.4 Å². The number of sulfonamides is 1. The topological polar surface area (TPSA) is 55.4 Å². The minimum atomic E-state index is -3.65. The molecule has 0 spiro atoms. The second-order valence-corrected chi connectivity index (χ2v) is 6.91. The molecule has 0 unspecified atom stereocenters. The van der Waals surface area contributed by atoms with Gasteiger partial charge in [0, 0.05) is 5.02 Å². The van der Waals surface area contributed by atoms with Crippen LogP contribution >= 0.6 is 11.6 Å². The van der Waals surface area contributed by atoms with Gasteiger partial charge in [0.25, 0.3) is 0 Å². The van der Waals surface area contributed by atoms with Gasteiger partial charge in [-0.25, -0.2) is 8.42 Å². The summed E-state index contributed by atoms with van der Waals surface area (Å²) in [5.74, 6) is 6.32. The van der Waals surface area contributed by atoms with E-state index in [4.69, 9.17) is 16.3 Å². The standard InChI is InChI=1S/C17H16ClNO3S/c1-13-9-10-15(18)12-17(13)23(20,21)19-11-5-7-14-6-3-4-8-16(14)22-2/h3-4,6,8-10,12,19H,11H2,1-2H3. The molecule has 0 saturated heterocycles. The number of para-hydroxylation sites is 1. The average molecular weight is 350 g/mol. The minimum Gasteiger partial charge on any atom is -0.495 e. The first-order valence-corrected chi connectivity index (χ1v) is 8.68. The third-order valence-corrected chi connectivity index (χ3v) is 4.90. The Hall–Kier alpha value is -2.00. The zero-order chi connectivity index (χ0) is 16.9. The van der Waals surface area contributed by atoms with Gasteiger partial charge in [0.05, 0.1) is 24.1 Å². The lowest BCUT2D eigenvalue weighted by molar-refractivity contribution is 0.413. The molecule has 1 N–H and O–H groups in total. The van der Waals surface area contributed by atoms with Crippen LogP contribution in [0.3, 0.4) is 0 Å². The van der Waals surface area contributed by atoms with Crippen LogP contribution in [0.15, 0.2) is 47.4 Å². The summed E-state index contributed by atoms with van der Waals surface area (Å²) in [5.41, 5.74) is 1.33. The van der Waals surface area contributed by atoms with Gasteiger partial charge in [-0.3, -0.25) is 0 Å². The molecular weight excluding hydrogens is 334 g/mol. The van der Waals surface area contributed by atoms with E-state index in [0.717, 1.165) is 0 Å². The molecule has 23 heavy (non-hydrogen) atoms. The molecule has 0 bridgehead atoms. The van der Waals surface area contributed by atoms with E-state index in [9.17, 15) is 8.42 Å². The van der Waals surface area contributed by atoms with Gasteiger partial charge in [-0.05, 0) is 36.8 Å². The zero-order valence-corrected chi connectivity index (χ0v) is 14.3. The quantitative estimate of drug-likeness (QED) is 0.863. The molecule has 0 fully saturated rings. The van der Waals surface area contributed by atoms with Crippen LogP contribution in [0, 0.1) is 18.8 Å². The van der Waals surface area contributed by atoms with Crippen LogP contribution in [-0.4, -0.2) is 22.1 Å². The fourth-order valence-corrected chi connectivity index (χ4v) is 3.39. The maximum atomic E-state index is 12.3. The molecule has 2 aromatic carbocycles. The van der Waals surface area contributed by atoms with Crippen LogP contribution in [0.1, 0.15) is 11.1 Å². The highest BCUT2D eigenvalue weighted by Gasteiger charge is 2.16. The second kappa shape index (κ2) is 7.51. The van der Waals surface area contributed by atoms with Crippen molar-refractivity contribution in [2.24, 2.45) is 0 Å². The van der Waals surface area contributed by atoms with Crippen molar-refractivity contribution in [3.63, 3.8) is 0 Å². The Morgan fingerprint density at radius 1 is 1.22 bits per heavy atom. The summed E-state index contributed by atoms with van der Waals surface area (Å²) in [7, 11) is -2.09. The van der Waals surface area contributed by atoms with Crippen molar-refractivity contribution < 1.29 is 13.2 Å². The number of nitrogens with one attached hydrogen (secondary N) is 1. The summed E-state index contributed by atoms with van der Waals surface area (Å²) in [6.45, 7) is 1.71. The number of methoxy groups -OCH3 is 1. The van der Waals surface area contributed by atoms with E-state index in [1.54, 1.807) is 38.3 Å². The minimum absolute atomic E-state index is 0.00760. The predicted octanol–water partition coefficient (Wildman–Crippen LogP) is 2.99. The van der Waals surface area contributed by atoms with Gasteiger partial charge in [-0.1, -0.05) is 41.6 Å². The van der Waals surface area contributed by atoms with Crippen LogP contribution in [0.25, 0.3) is 0 Å². The van der Waals surface area contributed by atoms with E-state index >= 15 is 0 Å². The third-order valence-electron chi connectivity index (χ3n) is 3.12. The highest BCUT2D eigenvalue weighted by Crippen LogP contribution is 2.19. The highest BCUT2D eigenvalue weighted by atomic mass is 35.5. The van der Waals surface area contributed by atoms with Gasteiger partial charge in [0.1, 0.15) is 5.75 Å². The first-order chi connectivity index (χ1) is 10.9. The van der Waals surface area contributed by atoms with Crippen molar-refractivity contribution in [2.75, 3.05) is 13.7 Å². The van der Waals surface area contributed by atoms with Crippen molar-refractivity contribution in [1.82, 2.24) is 4.72 Å². The van der Waals surface area contributed by atoms with Crippen molar-refractivity contribution >= 4 is 21.6 Å². The van der Waals surface area contributed by atoms with E-state index in [1.165, 1.54) is 6.07 Å². The van der Waals surface area contributed by atoms with Crippen LogP contribution in [-0.2, 0) is 10.0 Å². The van der Waals surface area contributed by atoms with Crippen molar-refractivity contribution in [3.8, 4) is 17.6 Å². The molecule has 0 saturated carbocycles. The summed E-state index contributed by atoms with van der Waals surface area (Å²) in [6.07, 6.45) is 0. The fraction of sp³-hybridized carbons (Fsp3) is 0.176. The maximum absolute atomic E-state index is 12.3. The number of halogens is 1. The molecule has 0 aliphatic rings. The lowest BCUT2D eigenvalue weighted by Crippen LogP contribution is -2.24. The average Bonchev–Trinajstić information content (AvgIpc) is 2.54. The lowest BCUT2D eigenvalue weighted by Gasteiger charge is -2.07. The van der Waals surface area contributed by atoms with E-state index in [1.807, 2.05) is 12.1 Å². The van der Waals surface area contributed by atoms with E-state index < -0.39 is 10.0 Å². The van der Waals surface area contributed by atoms with Crippen molar-refractivity contribution in [1.29, 1.82) is 0 Å².